The number of aryl methyl sites for hydroxylation is 2. The molecule has 1 aromatic heterocycles. The van der Waals surface area contributed by atoms with Crippen LogP contribution in [0.25, 0.3) is 5.69 Å². The molecule has 6 heteroatoms. The molecular weight excluding hydrogens is 283 g/mol. The van der Waals surface area contributed by atoms with Crippen molar-refractivity contribution in [1.82, 2.24) is 20.2 Å². The first kappa shape index (κ1) is 14.2. The first-order valence-electron chi connectivity index (χ1n) is 6.88. The molecule has 0 bridgehead atoms. The minimum Gasteiger partial charge on any atom is -0.482 e. The van der Waals surface area contributed by atoms with Crippen LogP contribution in [0, 0.1) is 19.7 Å². The van der Waals surface area contributed by atoms with Gasteiger partial charge in [0.25, 0.3) is 0 Å². The lowest BCUT2D eigenvalue weighted by molar-refractivity contribution is 0.278. The van der Waals surface area contributed by atoms with E-state index in [4.69, 9.17) is 4.74 Å². The fourth-order valence-corrected chi connectivity index (χ4v) is 2.31. The van der Waals surface area contributed by atoms with Crippen LogP contribution in [-0.4, -0.2) is 20.2 Å². The molecule has 22 heavy (non-hydrogen) atoms. The molecular formula is C16H15FN4O. The van der Waals surface area contributed by atoms with Crippen LogP contribution in [0.5, 0.6) is 5.75 Å². The third kappa shape index (κ3) is 2.67. The molecule has 2 aromatic carbocycles. The number of aromatic nitrogens is 4. The molecule has 3 rings (SSSR count). The van der Waals surface area contributed by atoms with Crippen molar-refractivity contribution < 1.29 is 9.13 Å². The van der Waals surface area contributed by atoms with Gasteiger partial charge in [-0.15, -0.1) is 5.10 Å². The number of hydrogen-bond donors (Lipinski definition) is 0. The lowest BCUT2D eigenvalue weighted by Crippen LogP contribution is -2.10. The van der Waals surface area contributed by atoms with Gasteiger partial charge in [0.2, 0.25) is 0 Å². The Labute approximate surface area is 127 Å². The van der Waals surface area contributed by atoms with Gasteiger partial charge in [0.05, 0.1) is 5.69 Å². The average Bonchev–Trinajstić information content (AvgIpc) is 2.94. The SMILES string of the molecule is Cc1cccc(C)c1-n1nnnc1COc1ccccc1F. The fraction of sp³-hybridized carbons (Fsp3) is 0.188. The highest BCUT2D eigenvalue weighted by molar-refractivity contribution is 5.46. The Morgan fingerprint density at radius 3 is 2.50 bits per heavy atom. The molecule has 0 aliphatic heterocycles. The predicted octanol–water partition coefficient (Wildman–Crippen LogP) is 3.00. The van der Waals surface area contributed by atoms with Crippen LogP contribution in [0.1, 0.15) is 17.0 Å². The van der Waals surface area contributed by atoms with Crippen molar-refractivity contribution in [2.24, 2.45) is 0 Å². The van der Waals surface area contributed by atoms with Crippen LogP contribution in [0.4, 0.5) is 4.39 Å². The standard InChI is InChI=1S/C16H15FN4O/c1-11-6-5-7-12(2)16(11)21-15(18-19-20-21)10-22-14-9-4-3-8-13(14)17/h3-9H,10H2,1-2H3. The Morgan fingerprint density at radius 1 is 1.05 bits per heavy atom. The van der Waals surface area contributed by atoms with Crippen LogP contribution in [-0.2, 0) is 6.61 Å². The summed E-state index contributed by atoms with van der Waals surface area (Å²) in [6.07, 6.45) is 0. The Bertz CT molecular complexity index is 780. The Balaban J connectivity index is 1.89. The molecule has 112 valence electrons. The number of para-hydroxylation sites is 2. The number of hydrogen-bond acceptors (Lipinski definition) is 4. The van der Waals surface area contributed by atoms with Gasteiger partial charge in [-0.3, -0.25) is 0 Å². The highest BCUT2D eigenvalue weighted by Gasteiger charge is 2.14. The van der Waals surface area contributed by atoms with Crippen LogP contribution >= 0.6 is 0 Å². The second-order valence-electron chi connectivity index (χ2n) is 4.97. The van der Waals surface area contributed by atoms with E-state index < -0.39 is 5.82 Å². The summed E-state index contributed by atoms with van der Waals surface area (Å²) in [5, 5.41) is 11.7. The van der Waals surface area contributed by atoms with E-state index in [0.717, 1.165) is 16.8 Å². The number of rotatable bonds is 4. The van der Waals surface area contributed by atoms with Gasteiger partial charge in [-0.2, -0.15) is 4.68 Å². The monoisotopic (exact) mass is 298 g/mol. The van der Waals surface area contributed by atoms with E-state index in [-0.39, 0.29) is 12.4 Å². The Kier molecular flexibility index (Phi) is 3.82. The Hall–Kier alpha value is -2.76. The molecule has 0 aliphatic carbocycles. The summed E-state index contributed by atoms with van der Waals surface area (Å²) in [4.78, 5) is 0. The number of nitrogens with zero attached hydrogens (tertiary/aromatic N) is 4. The van der Waals surface area contributed by atoms with Gasteiger partial charge in [-0.25, -0.2) is 4.39 Å². The molecule has 0 atom stereocenters. The molecule has 0 saturated carbocycles. The lowest BCUT2D eigenvalue weighted by atomic mass is 10.1. The second kappa shape index (κ2) is 5.93. The lowest BCUT2D eigenvalue weighted by Gasteiger charge is -2.11. The maximum atomic E-state index is 13.6. The quantitative estimate of drug-likeness (QED) is 0.743. The third-order valence-corrected chi connectivity index (χ3v) is 3.38. The van der Waals surface area contributed by atoms with Crippen molar-refractivity contribution in [3.8, 4) is 11.4 Å². The van der Waals surface area contributed by atoms with Gasteiger partial charge >= 0.3 is 0 Å². The molecule has 0 amide bonds. The van der Waals surface area contributed by atoms with Gasteiger partial charge in [0, 0.05) is 0 Å². The highest BCUT2D eigenvalue weighted by Crippen LogP contribution is 2.20. The Morgan fingerprint density at radius 2 is 1.77 bits per heavy atom. The summed E-state index contributed by atoms with van der Waals surface area (Å²) in [5.41, 5.74) is 3.03. The van der Waals surface area contributed by atoms with E-state index >= 15 is 0 Å². The minimum absolute atomic E-state index is 0.0850. The summed E-state index contributed by atoms with van der Waals surface area (Å²) < 4.78 is 20.7. The number of tetrazole rings is 1. The fourth-order valence-electron chi connectivity index (χ4n) is 2.31. The van der Waals surface area contributed by atoms with E-state index in [1.165, 1.54) is 6.07 Å². The molecule has 0 aliphatic rings. The summed E-state index contributed by atoms with van der Waals surface area (Å²) in [6.45, 7) is 4.07. The maximum Gasteiger partial charge on any atom is 0.194 e. The minimum atomic E-state index is -0.409. The van der Waals surface area contributed by atoms with Crippen molar-refractivity contribution in [1.29, 1.82) is 0 Å². The zero-order valence-corrected chi connectivity index (χ0v) is 12.3. The van der Waals surface area contributed by atoms with Crippen LogP contribution in [0.15, 0.2) is 42.5 Å². The van der Waals surface area contributed by atoms with E-state index in [2.05, 4.69) is 15.5 Å². The largest absolute Gasteiger partial charge is 0.482 e. The summed E-state index contributed by atoms with van der Waals surface area (Å²) in [7, 11) is 0. The van der Waals surface area contributed by atoms with Crippen LogP contribution in [0.2, 0.25) is 0 Å². The summed E-state index contributed by atoms with van der Waals surface area (Å²) >= 11 is 0. The predicted molar refractivity (Wildman–Crippen MR) is 79.4 cm³/mol. The summed E-state index contributed by atoms with van der Waals surface area (Å²) in [5.74, 6) is 0.285. The van der Waals surface area contributed by atoms with Gasteiger partial charge in [0.15, 0.2) is 17.4 Å². The van der Waals surface area contributed by atoms with Crippen molar-refractivity contribution in [2.45, 2.75) is 20.5 Å². The normalized spacial score (nSPS) is 10.7. The number of ether oxygens (including phenoxy) is 1. The van der Waals surface area contributed by atoms with E-state index in [9.17, 15) is 4.39 Å². The molecule has 0 fully saturated rings. The molecule has 0 spiro atoms. The average molecular weight is 298 g/mol. The van der Waals surface area contributed by atoms with Crippen LogP contribution in [0.3, 0.4) is 0 Å². The van der Waals surface area contributed by atoms with Crippen molar-refractivity contribution in [2.75, 3.05) is 0 Å². The van der Waals surface area contributed by atoms with E-state index in [1.54, 1.807) is 22.9 Å². The van der Waals surface area contributed by atoms with Gasteiger partial charge in [0.1, 0.15) is 6.61 Å². The van der Waals surface area contributed by atoms with Crippen molar-refractivity contribution in [3.05, 3.63) is 65.2 Å². The van der Waals surface area contributed by atoms with Gasteiger partial charge in [-0.05, 0) is 47.5 Å². The molecule has 0 saturated heterocycles. The number of benzene rings is 2. The first-order valence-corrected chi connectivity index (χ1v) is 6.88. The molecule has 5 nitrogen and oxygen atoms in total. The first-order chi connectivity index (χ1) is 10.7. The van der Waals surface area contributed by atoms with E-state index in [1.807, 2.05) is 32.0 Å². The van der Waals surface area contributed by atoms with Crippen LogP contribution < -0.4 is 4.74 Å². The number of halogens is 1. The maximum absolute atomic E-state index is 13.6. The molecule has 0 unspecified atom stereocenters. The van der Waals surface area contributed by atoms with Crippen molar-refractivity contribution in [3.63, 3.8) is 0 Å². The smallest absolute Gasteiger partial charge is 0.194 e. The topological polar surface area (TPSA) is 52.8 Å². The molecule has 0 radical (unpaired) electrons. The zero-order chi connectivity index (χ0) is 15.5. The van der Waals surface area contributed by atoms with E-state index in [0.29, 0.717) is 5.82 Å². The molecule has 3 aromatic rings. The zero-order valence-electron chi connectivity index (χ0n) is 12.3. The van der Waals surface area contributed by atoms with Gasteiger partial charge < -0.3 is 4.74 Å². The van der Waals surface area contributed by atoms with Gasteiger partial charge in [-0.1, -0.05) is 30.3 Å². The van der Waals surface area contributed by atoms with Crippen molar-refractivity contribution >= 4 is 0 Å². The second-order valence-corrected chi connectivity index (χ2v) is 4.97. The molecule has 1 heterocycles. The molecule has 0 N–H and O–H groups in total. The highest BCUT2D eigenvalue weighted by atomic mass is 19.1. The summed E-state index contributed by atoms with van der Waals surface area (Å²) in [6, 6.07) is 12.2. The third-order valence-electron chi connectivity index (χ3n) is 3.38.